The monoisotopic (exact) mass is 244 g/mol. The van der Waals surface area contributed by atoms with Gasteiger partial charge < -0.3 is 10.2 Å². The third kappa shape index (κ3) is 2.24. The Kier molecular flexibility index (Phi) is 2.79. The van der Waals surface area contributed by atoms with Crippen LogP contribution in [0, 0.1) is 6.92 Å². The van der Waals surface area contributed by atoms with Crippen molar-refractivity contribution in [1.29, 1.82) is 0 Å². The summed E-state index contributed by atoms with van der Waals surface area (Å²) >= 11 is 0. The summed E-state index contributed by atoms with van der Waals surface area (Å²) in [6.45, 7) is 3.78. The number of guanidine groups is 1. The van der Waals surface area contributed by atoms with Crippen LogP contribution in [-0.2, 0) is 0 Å². The summed E-state index contributed by atoms with van der Waals surface area (Å²) < 4.78 is 0. The standard InChI is InChI=1S/C11H14N7/c1-8-2-3-10(16-15-8)18-5-4-9(6-18)14-11-12-7-13-17-11/h2-3,7,9H,4-6H2,1H3,(H,14,17). The second-order valence-electron chi connectivity index (χ2n) is 4.39. The molecular formula is C11H14N7. The Morgan fingerprint density at radius 1 is 1.33 bits per heavy atom. The minimum Gasteiger partial charge on any atom is -0.353 e. The van der Waals surface area contributed by atoms with E-state index in [1.54, 1.807) is 0 Å². The Balaban J connectivity index is 1.59. The Labute approximate surface area is 105 Å². The van der Waals surface area contributed by atoms with E-state index in [4.69, 9.17) is 0 Å². The predicted molar refractivity (Wildman–Crippen MR) is 68.6 cm³/mol. The summed E-state index contributed by atoms with van der Waals surface area (Å²) in [5.74, 6) is 1.52. The lowest BCUT2D eigenvalue weighted by Gasteiger charge is -2.17. The normalized spacial score (nSPS) is 21.9. The van der Waals surface area contributed by atoms with Crippen LogP contribution >= 0.6 is 0 Å². The molecule has 3 rings (SSSR count). The van der Waals surface area contributed by atoms with Gasteiger partial charge in [-0.3, -0.25) is 0 Å². The molecule has 1 saturated heterocycles. The second kappa shape index (κ2) is 4.59. The lowest BCUT2D eigenvalue weighted by molar-refractivity contribution is 0.661. The van der Waals surface area contributed by atoms with E-state index < -0.39 is 0 Å². The summed E-state index contributed by atoms with van der Waals surface area (Å²) in [5.41, 5.74) is 0.934. The molecule has 3 heterocycles. The number of nitrogens with one attached hydrogen (secondary N) is 1. The molecule has 1 fully saturated rings. The molecule has 1 atom stereocenters. The highest BCUT2D eigenvalue weighted by molar-refractivity contribution is 5.92. The topological polar surface area (TPSA) is 79.9 Å². The van der Waals surface area contributed by atoms with Crippen molar-refractivity contribution < 1.29 is 0 Å². The molecule has 0 aromatic carbocycles. The third-order valence-corrected chi connectivity index (χ3v) is 3.01. The van der Waals surface area contributed by atoms with Crippen LogP contribution in [0.15, 0.2) is 22.3 Å². The SMILES string of the molecule is Cc1ccc(N2CCC(NC3=NN=C[N]3)C2)nn1. The van der Waals surface area contributed by atoms with Gasteiger partial charge in [0.1, 0.15) is 6.34 Å². The minimum atomic E-state index is 0.331. The zero-order valence-electron chi connectivity index (χ0n) is 10.1. The fourth-order valence-electron chi connectivity index (χ4n) is 2.08. The van der Waals surface area contributed by atoms with Crippen LogP contribution in [0.4, 0.5) is 5.82 Å². The van der Waals surface area contributed by atoms with E-state index in [1.165, 1.54) is 6.34 Å². The first-order chi connectivity index (χ1) is 8.81. The average Bonchev–Trinajstić information content (AvgIpc) is 3.02. The Morgan fingerprint density at radius 3 is 3.00 bits per heavy atom. The Hall–Kier alpha value is -2.18. The fourth-order valence-corrected chi connectivity index (χ4v) is 2.08. The molecule has 2 aliphatic heterocycles. The van der Waals surface area contributed by atoms with Crippen LogP contribution < -0.4 is 15.5 Å². The van der Waals surface area contributed by atoms with Crippen molar-refractivity contribution in [3.63, 3.8) is 0 Å². The Bertz CT molecular complexity index is 479. The number of aromatic nitrogens is 2. The van der Waals surface area contributed by atoms with Gasteiger partial charge in [-0.2, -0.15) is 10.4 Å². The fraction of sp³-hybridized carbons (Fsp3) is 0.455. The van der Waals surface area contributed by atoms with Crippen molar-refractivity contribution in [2.45, 2.75) is 19.4 Å². The molecule has 1 N–H and O–H groups in total. The number of hydrogen-bond acceptors (Lipinski definition) is 6. The molecule has 1 unspecified atom stereocenters. The number of rotatable bonds is 2. The van der Waals surface area contributed by atoms with E-state index in [2.05, 4.69) is 35.9 Å². The lowest BCUT2D eigenvalue weighted by Crippen LogP contribution is -2.40. The van der Waals surface area contributed by atoms with Gasteiger partial charge in [0, 0.05) is 19.1 Å². The van der Waals surface area contributed by atoms with Gasteiger partial charge in [-0.1, -0.05) is 0 Å². The van der Waals surface area contributed by atoms with Crippen LogP contribution in [0.5, 0.6) is 0 Å². The molecule has 0 amide bonds. The van der Waals surface area contributed by atoms with Crippen molar-refractivity contribution in [1.82, 2.24) is 20.8 Å². The molecule has 1 radical (unpaired) electrons. The van der Waals surface area contributed by atoms with Crippen LogP contribution in [-0.4, -0.2) is 41.6 Å². The number of hydrogen-bond donors (Lipinski definition) is 1. The highest BCUT2D eigenvalue weighted by Crippen LogP contribution is 2.17. The molecule has 7 heteroatoms. The maximum atomic E-state index is 4.20. The number of anilines is 1. The first-order valence-corrected chi connectivity index (χ1v) is 5.93. The summed E-state index contributed by atoms with van der Waals surface area (Å²) in [6.07, 6.45) is 2.48. The van der Waals surface area contributed by atoms with Crippen molar-refractivity contribution in [3.05, 3.63) is 17.8 Å². The molecule has 93 valence electrons. The van der Waals surface area contributed by atoms with Gasteiger partial charge in [-0.05, 0) is 25.5 Å². The molecule has 2 aliphatic rings. The molecule has 18 heavy (non-hydrogen) atoms. The van der Waals surface area contributed by atoms with Gasteiger partial charge in [0.15, 0.2) is 5.82 Å². The molecular weight excluding hydrogens is 230 g/mol. The molecule has 1 aromatic heterocycles. The second-order valence-corrected chi connectivity index (χ2v) is 4.39. The van der Waals surface area contributed by atoms with Gasteiger partial charge in [0.05, 0.1) is 5.69 Å². The van der Waals surface area contributed by atoms with Gasteiger partial charge in [0.2, 0.25) is 5.96 Å². The van der Waals surface area contributed by atoms with Gasteiger partial charge >= 0.3 is 0 Å². The highest BCUT2D eigenvalue weighted by Gasteiger charge is 2.25. The van der Waals surface area contributed by atoms with Crippen molar-refractivity contribution in [3.8, 4) is 0 Å². The molecule has 1 aromatic rings. The maximum absolute atomic E-state index is 4.20. The quantitative estimate of drug-likeness (QED) is 0.786. The average molecular weight is 244 g/mol. The largest absolute Gasteiger partial charge is 0.353 e. The molecule has 0 saturated carbocycles. The highest BCUT2D eigenvalue weighted by atomic mass is 15.4. The summed E-state index contributed by atoms with van der Waals surface area (Å²) in [4.78, 5) is 2.21. The summed E-state index contributed by atoms with van der Waals surface area (Å²) in [6, 6.07) is 4.32. The van der Waals surface area contributed by atoms with Crippen molar-refractivity contribution in [2.24, 2.45) is 10.2 Å². The minimum absolute atomic E-state index is 0.331. The van der Waals surface area contributed by atoms with Crippen LogP contribution in [0.1, 0.15) is 12.1 Å². The zero-order chi connectivity index (χ0) is 12.4. The summed E-state index contributed by atoms with van der Waals surface area (Å²) in [7, 11) is 0. The van der Waals surface area contributed by atoms with Gasteiger partial charge in [-0.15, -0.1) is 15.3 Å². The van der Waals surface area contributed by atoms with Gasteiger partial charge in [0.25, 0.3) is 0 Å². The summed E-state index contributed by atoms with van der Waals surface area (Å²) in [5, 5.41) is 23.1. The van der Waals surface area contributed by atoms with E-state index in [0.717, 1.165) is 31.0 Å². The van der Waals surface area contributed by atoms with Gasteiger partial charge in [-0.25, -0.2) is 0 Å². The van der Waals surface area contributed by atoms with E-state index in [9.17, 15) is 0 Å². The first-order valence-electron chi connectivity index (χ1n) is 5.93. The smallest absolute Gasteiger partial charge is 0.244 e. The molecule has 0 aliphatic carbocycles. The first kappa shape index (κ1) is 10.9. The number of nitrogens with zero attached hydrogens (tertiary/aromatic N) is 6. The van der Waals surface area contributed by atoms with E-state index >= 15 is 0 Å². The maximum Gasteiger partial charge on any atom is 0.244 e. The van der Waals surface area contributed by atoms with Crippen LogP contribution in [0.25, 0.3) is 0 Å². The third-order valence-electron chi connectivity index (χ3n) is 3.01. The Morgan fingerprint density at radius 2 is 2.28 bits per heavy atom. The van der Waals surface area contributed by atoms with E-state index in [0.29, 0.717) is 12.0 Å². The predicted octanol–water partition coefficient (Wildman–Crippen LogP) is -0.129. The molecule has 7 nitrogen and oxygen atoms in total. The lowest BCUT2D eigenvalue weighted by atomic mass is 10.3. The van der Waals surface area contributed by atoms with E-state index in [1.807, 2.05) is 19.1 Å². The van der Waals surface area contributed by atoms with Crippen molar-refractivity contribution >= 4 is 18.1 Å². The molecule has 0 bridgehead atoms. The van der Waals surface area contributed by atoms with Crippen LogP contribution in [0.2, 0.25) is 0 Å². The molecule has 0 spiro atoms. The van der Waals surface area contributed by atoms with E-state index in [-0.39, 0.29) is 0 Å². The van der Waals surface area contributed by atoms with Crippen molar-refractivity contribution in [2.75, 3.05) is 18.0 Å². The number of aryl methyl sites for hydroxylation is 1. The van der Waals surface area contributed by atoms with Crippen LogP contribution in [0.3, 0.4) is 0 Å². The zero-order valence-corrected chi connectivity index (χ0v) is 10.1.